The summed E-state index contributed by atoms with van der Waals surface area (Å²) in [5.41, 5.74) is 16.2. The summed E-state index contributed by atoms with van der Waals surface area (Å²) in [5, 5.41) is 0. The Morgan fingerprint density at radius 2 is 1.77 bits per heavy atom. The molecular formula is C12H18N6O3S. The van der Waals surface area contributed by atoms with Crippen molar-refractivity contribution in [2.24, 2.45) is 27.2 Å². The van der Waals surface area contributed by atoms with Crippen molar-refractivity contribution in [1.82, 2.24) is 4.31 Å². The fraction of sp³-hybridized carbons (Fsp3) is 0.333. The van der Waals surface area contributed by atoms with E-state index in [2.05, 4.69) is 9.98 Å². The van der Waals surface area contributed by atoms with E-state index >= 15 is 0 Å². The van der Waals surface area contributed by atoms with E-state index in [0.29, 0.717) is 26.3 Å². The van der Waals surface area contributed by atoms with Crippen LogP contribution in [0.15, 0.2) is 39.1 Å². The van der Waals surface area contributed by atoms with Crippen molar-refractivity contribution in [3.05, 3.63) is 24.3 Å². The van der Waals surface area contributed by atoms with Crippen LogP contribution in [0, 0.1) is 0 Å². The van der Waals surface area contributed by atoms with Crippen molar-refractivity contribution in [3.63, 3.8) is 0 Å². The van der Waals surface area contributed by atoms with Crippen LogP contribution in [0.25, 0.3) is 0 Å². The SMILES string of the molecule is NC(N)=NC(N)=Nc1ccccc1S(=O)(=O)N1CCOCC1. The molecule has 0 spiro atoms. The number of guanidine groups is 2. The van der Waals surface area contributed by atoms with Crippen LogP contribution >= 0.6 is 0 Å². The van der Waals surface area contributed by atoms with Gasteiger partial charge in [-0.05, 0) is 12.1 Å². The maximum atomic E-state index is 12.7. The van der Waals surface area contributed by atoms with Crippen molar-refractivity contribution in [1.29, 1.82) is 0 Å². The molecule has 9 nitrogen and oxygen atoms in total. The Labute approximate surface area is 128 Å². The molecule has 2 rings (SSSR count). The van der Waals surface area contributed by atoms with E-state index in [1.165, 1.54) is 16.4 Å². The fourth-order valence-electron chi connectivity index (χ4n) is 1.97. The highest BCUT2D eigenvalue weighted by Gasteiger charge is 2.28. The van der Waals surface area contributed by atoms with Crippen molar-refractivity contribution < 1.29 is 13.2 Å². The molecule has 1 aliphatic heterocycles. The number of para-hydroxylation sites is 1. The number of rotatable bonds is 3. The van der Waals surface area contributed by atoms with Gasteiger partial charge in [-0.2, -0.15) is 9.30 Å². The molecule has 6 N–H and O–H groups in total. The molecule has 0 bridgehead atoms. The summed E-state index contributed by atoms with van der Waals surface area (Å²) in [6.07, 6.45) is 0. The van der Waals surface area contributed by atoms with E-state index < -0.39 is 10.0 Å². The molecule has 120 valence electrons. The van der Waals surface area contributed by atoms with Gasteiger partial charge in [-0.25, -0.2) is 13.4 Å². The summed E-state index contributed by atoms with van der Waals surface area (Å²) in [5.74, 6) is -0.473. The van der Waals surface area contributed by atoms with E-state index in [9.17, 15) is 8.42 Å². The third-order valence-electron chi connectivity index (χ3n) is 2.93. The first-order valence-electron chi connectivity index (χ1n) is 6.52. The Morgan fingerprint density at radius 1 is 1.14 bits per heavy atom. The highest BCUT2D eigenvalue weighted by molar-refractivity contribution is 7.89. The molecule has 1 heterocycles. The van der Waals surface area contributed by atoms with Gasteiger partial charge < -0.3 is 21.9 Å². The van der Waals surface area contributed by atoms with E-state index in [1.807, 2.05) is 0 Å². The van der Waals surface area contributed by atoms with Crippen molar-refractivity contribution in [3.8, 4) is 0 Å². The number of sulfonamides is 1. The van der Waals surface area contributed by atoms with Gasteiger partial charge in [0, 0.05) is 13.1 Å². The zero-order valence-corrected chi connectivity index (χ0v) is 12.7. The normalized spacial score (nSPS) is 17.2. The number of nitrogens with zero attached hydrogens (tertiary/aromatic N) is 3. The molecule has 10 heteroatoms. The molecule has 1 aliphatic rings. The second kappa shape index (κ2) is 6.73. The molecule has 1 aromatic carbocycles. The lowest BCUT2D eigenvalue weighted by molar-refractivity contribution is 0.0730. The Kier molecular flexibility index (Phi) is 4.96. The highest BCUT2D eigenvalue weighted by atomic mass is 32.2. The van der Waals surface area contributed by atoms with Gasteiger partial charge in [0.2, 0.25) is 16.0 Å². The van der Waals surface area contributed by atoms with E-state index in [0.717, 1.165) is 0 Å². The van der Waals surface area contributed by atoms with Crippen LogP contribution < -0.4 is 17.2 Å². The molecule has 1 saturated heterocycles. The monoisotopic (exact) mass is 326 g/mol. The lowest BCUT2D eigenvalue weighted by Gasteiger charge is -2.26. The van der Waals surface area contributed by atoms with Crippen LogP contribution in [-0.4, -0.2) is 50.9 Å². The molecular weight excluding hydrogens is 308 g/mol. The average Bonchev–Trinajstić information content (AvgIpc) is 2.47. The van der Waals surface area contributed by atoms with Crippen LogP contribution in [0.3, 0.4) is 0 Å². The number of nitrogens with two attached hydrogens (primary N) is 3. The first kappa shape index (κ1) is 16.2. The van der Waals surface area contributed by atoms with Crippen molar-refractivity contribution in [2.45, 2.75) is 4.90 Å². The molecule has 0 aliphatic carbocycles. The molecule has 0 saturated carbocycles. The minimum absolute atomic E-state index is 0.0469. The molecule has 22 heavy (non-hydrogen) atoms. The van der Waals surface area contributed by atoms with Crippen LogP contribution in [0.4, 0.5) is 5.69 Å². The van der Waals surface area contributed by atoms with E-state index in [4.69, 9.17) is 21.9 Å². The summed E-state index contributed by atoms with van der Waals surface area (Å²) in [4.78, 5) is 7.60. The smallest absolute Gasteiger partial charge is 0.245 e. The third kappa shape index (κ3) is 3.72. The Morgan fingerprint density at radius 3 is 2.41 bits per heavy atom. The molecule has 0 unspecified atom stereocenters. The second-order valence-corrected chi connectivity index (χ2v) is 6.40. The Balaban J connectivity index is 2.41. The van der Waals surface area contributed by atoms with Gasteiger partial charge >= 0.3 is 0 Å². The summed E-state index contributed by atoms with van der Waals surface area (Å²) in [7, 11) is -3.69. The number of ether oxygens (including phenoxy) is 1. The summed E-state index contributed by atoms with van der Waals surface area (Å²) >= 11 is 0. The van der Waals surface area contributed by atoms with Gasteiger partial charge in [0.25, 0.3) is 0 Å². The van der Waals surface area contributed by atoms with Gasteiger partial charge in [0.05, 0.1) is 18.9 Å². The standard InChI is InChI=1S/C12H18N6O3S/c13-11(14)17-12(15)16-9-3-1-2-4-10(9)22(19,20)18-5-7-21-8-6-18/h1-4H,5-8H2,(H6,13,14,15,16,17). The Hall–Kier alpha value is -2.17. The summed E-state index contributed by atoms with van der Waals surface area (Å²) < 4.78 is 31.9. The number of morpholine rings is 1. The van der Waals surface area contributed by atoms with Gasteiger partial charge in [0.15, 0.2) is 5.96 Å². The predicted molar refractivity (Wildman–Crippen MR) is 83.1 cm³/mol. The highest BCUT2D eigenvalue weighted by Crippen LogP contribution is 2.27. The second-order valence-electron chi connectivity index (χ2n) is 4.49. The minimum Gasteiger partial charge on any atom is -0.379 e. The van der Waals surface area contributed by atoms with Crippen LogP contribution in [0.2, 0.25) is 0 Å². The molecule has 0 radical (unpaired) electrons. The maximum Gasteiger partial charge on any atom is 0.245 e. The van der Waals surface area contributed by atoms with Gasteiger partial charge in [0.1, 0.15) is 4.90 Å². The first-order valence-corrected chi connectivity index (χ1v) is 7.96. The largest absolute Gasteiger partial charge is 0.379 e. The predicted octanol–water partition coefficient (Wildman–Crippen LogP) is -1.07. The van der Waals surface area contributed by atoms with Crippen molar-refractivity contribution in [2.75, 3.05) is 26.3 Å². The number of benzene rings is 1. The summed E-state index contributed by atoms with van der Waals surface area (Å²) in [6.45, 7) is 1.31. The Bertz CT molecular complexity index is 691. The van der Waals surface area contributed by atoms with Crippen LogP contribution in [0.5, 0.6) is 0 Å². The summed E-state index contributed by atoms with van der Waals surface area (Å²) in [6, 6.07) is 6.26. The lowest BCUT2D eigenvalue weighted by Crippen LogP contribution is -2.40. The number of hydrogen-bond acceptors (Lipinski definition) is 4. The molecule has 1 aromatic rings. The van der Waals surface area contributed by atoms with Crippen molar-refractivity contribution >= 4 is 27.6 Å². The third-order valence-corrected chi connectivity index (χ3v) is 4.88. The zero-order chi connectivity index (χ0) is 16.2. The van der Waals surface area contributed by atoms with Gasteiger partial charge in [-0.1, -0.05) is 12.1 Å². The van der Waals surface area contributed by atoms with E-state index in [-0.39, 0.29) is 22.5 Å². The van der Waals surface area contributed by atoms with Gasteiger partial charge in [-0.15, -0.1) is 0 Å². The van der Waals surface area contributed by atoms with E-state index in [1.54, 1.807) is 12.1 Å². The quantitative estimate of drug-likeness (QED) is 0.475. The fourth-order valence-corrected chi connectivity index (χ4v) is 3.51. The zero-order valence-electron chi connectivity index (χ0n) is 11.8. The molecule has 1 fully saturated rings. The molecule has 0 amide bonds. The first-order chi connectivity index (χ1) is 10.4. The number of hydrogen-bond donors (Lipinski definition) is 3. The molecule has 0 aromatic heterocycles. The lowest BCUT2D eigenvalue weighted by atomic mass is 10.3. The molecule has 0 atom stereocenters. The van der Waals surface area contributed by atoms with Crippen LogP contribution in [-0.2, 0) is 14.8 Å². The minimum atomic E-state index is -3.69. The van der Waals surface area contributed by atoms with Gasteiger partial charge in [-0.3, -0.25) is 0 Å². The maximum absolute atomic E-state index is 12.7. The topological polar surface area (TPSA) is 149 Å². The number of aliphatic imine (C=N–C) groups is 2. The average molecular weight is 326 g/mol. The van der Waals surface area contributed by atoms with Crippen LogP contribution in [0.1, 0.15) is 0 Å².